The van der Waals surface area contributed by atoms with Crippen LogP contribution in [0.25, 0.3) is 0 Å². The number of benzene rings is 1. The molecule has 1 heterocycles. The maximum absolute atomic E-state index is 12.4. The van der Waals surface area contributed by atoms with Crippen LogP contribution in [-0.4, -0.2) is 41.3 Å². The van der Waals surface area contributed by atoms with E-state index in [1.807, 2.05) is 12.2 Å². The van der Waals surface area contributed by atoms with Crippen molar-refractivity contribution in [3.8, 4) is 11.5 Å². The van der Waals surface area contributed by atoms with Crippen LogP contribution in [-0.2, 0) is 20.7 Å². The van der Waals surface area contributed by atoms with Crippen LogP contribution in [0.15, 0.2) is 24.3 Å². The molecular formula is C19H24O6. The van der Waals surface area contributed by atoms with E-state index in [-0.39, 0.29) is 47.7 Å². The van der Waals surface area contributed by atoms with Crippen molar-refractivity contribution in [3.63, 3.8) is 0 Å². The van der Waals surface area contributed by atoms with Crippen molar-refractivity contribution >= 4 is 11.8 Å². The van der Waals surface area contributed by atoms with Crippen molar-refractivity contribution in [1.82, 2.24) is 0 Å². The van der Waals surface area contributed by atoms with Gasteiger partial charge in [-0.2, -0.15) is 0 Å². The van der Waals surface area contributed by atoms with Crippen molar-refractivity contribution < 1.29 is 29.3 Å². The first-order chi connectivity index (χ1) is 11.9. The molecule has 1 aliphatic rings. The van der Waals surface area contributed by atoms with Gasteiger partial charge in [0.1, 0.15) is 28.9 Å². The quantitative estimate of drug-likeness (QED) is 0.599. The summed E-state index contributed by atoms with van der Waals surface area (Å²) in [6.45, 7) is 1.76. The fraction of sp³-hybridized carbons (Fsp3) is 0.474. The van der Waals surface area contributed by atoms with Crippen LogP contribution < -0.4 is 0 Å². The molecule has 25 heavy (non-hydrogen) atoms. The van der Waals surface area contributed by atoms with Crippen molar-refractivity contribution in [3.05, 3.63) is 35.4 Å². The summed E-state index contributed by atoms with van der Waals surface area (Å²) in [6, 6.07) is 2.38. The number of carbonyl (C=O) groups excluding carboxylic acids is 2. The van der Waals surface area contributed by atoms with Crippen LogP contribution in [0.3, 0.4) is 0 Å². The Kier molecular flexibility index (Phi) is 6.58. The Morgan fingerprint density at radius 2 is 1.96 bits per heavy atom. The van der Waals surface area contributed by atoms with Crippen LogP contribution in [0.5, 0.6) is 11.5 Å². The summed E-state index contributed by atoms with van der Waals surface area (Å²) in [4.78, 5) is 24.8. The standard InChI is InChI=1S/C19H24O6/c1-12-6-4-3-5-7-16(24-2)10-14(20)8-13-9-15(21)11-17(22)18(13)19(23)25-12/h3-4,9,11-12,16,21-22H,5-8,10H2,1-2H3/b4-3+/t12-,16-/m1/s1. The van der Waals surface area contributed by atoms with Gasteiger partial charge in [0, 0.05) is 32.4 Å². The molecule has 0 fully saturated rings. The van der Waals surface area contributed by atoms with E-state index in [2.05, 4.69) is 0 Å². The molecule has 0 bridgehead atoms. The number of ether oxygens (including phenoxy) is 2. The van der Waals surface area contributed by atoms with Gasteiger partial charge in [0.25, 0.3) is 0 Å². The van der Waals surface area contributed by atoms with Gasteiger partial charge in [-0.1, -0.05) is 12.2 Å². The SMILES string of the molecule is CO[C@@H]1CC/C=C/C[C@@H](C)OC(=O)c2c(O)cc(O)cc2CC(=O)C1. The number of hydrogen-bond acceptors (Lipinski definition) is 6. The summed E-state index contributed by atoms with van der Waals surface area (Å²) in [5.41, 5.74) is 0.176. The minimum atomic E-state index is -0.707. The molecule has 0 spiro atoms. The molecule has 6 heteroatoms. The molecule has 0 amide bonds. The first-order valence-corrected chi connectivity index (χ1v) is 8.36. The molecule has 2 N–H and O–H groups in total. The highest BCUT2D eigenvalue weighted by Gasteiger charge is 2.23. The maximum atomic E-state index is 12.4. The lowest BCUT2D eigenvalue weighted by molar-refractivity contribution is -0.120. The van der Waals surface area contributed by atoms with E-state index >= 15 is 0 Å². The van der Waals surface area contributed by atoms with Crippen LogP contribution in [0.1, 0.15) is 48.5 Å². The number of Topliss-reactive ketones (excluding diaryl/α,β-unsaturated/α-hetero) is 1. The van der Waals surface area contributed by atoms with Crippen molar-refractivity contribution in [1.29, 1.82) is 0 Å². The van der Waals surface area contributed by atoms with E-state index < -0.39 is 11.7 Å². The summed E-state index contributed by atoms with van der Waals surface area (Å²) in [6.07, 6.45) is 5.47. The van der Waals surface area contributed by atoms with Crippen LogP contribution in [0, 0.1) is 0 Å². The molecule has 2 rings (SSSR count). The number of carbonyl (C=O) groups is 2. The van der Waals surface area contributed by atoms with Gasteiger partial charge < -0.3 is 19.7 Å². The number of cyclic esters (lactones) is 1. The normalized spacial score (nSPS) is 24.1. The number of ketones is 1. The molecule has 0 unspecified atom stereocenters. The van der Waals surface area contributed by atoms with E-state index in [9.17, 15) is 19.8 Å². The first kappa shape index (κ1) is 19.0. The zero-order valence-electron chi connectivity index (χ0n) is 14.5. The monoisotopic (exact) mass is 348 g/mol. The van der Waals surface area contributed by atoms with Crippen LogP contribution >= 0.6 is 0 Å². The lowest BCUT2D eigenvalue weighted by Crippen LogP contribution is -2.20. The summed E-state index contributed by atoms with van der Waals surface area (Å²) >= 11 is 0. The lowest BCUT2D eigenvalue weighted by atomic mass is 9.97. The topological polar surface area (TPSA) is 93.1 Å². The highest BCUT2D eigenvalue weighted by atomic mass is 16.5. The van der Waals surface area contributed by atoms with Gasteiger partial charge in [-0.25, -0.2) is 4.79 Å². The average Bonchev–Trinajstić information content (AvgIpc) is 2.51. The molecule has 2 atom stereocenters. The predicted octanol–water partition coefficient (Wildman–Crippen LogP) is 2.90. The predicted molar refractivity (Wildman–Crippen MR) is 91.8 cm³/mol. The molecule has 1 aromatic carbocycles. The van der Waals surface area contributed by atoms with Gasteiger partial charge in [0.2, 0.25) is 0 Å². The number of phenols is 2. The second-order valence-corrected chi connectivity index (χ2v) is 6.28. The highest BCUT2D eigenvalue weighted by molar-refractivity contribution is 5.96. The molecule has 1 aliphatic heterocycles. The Balaban J connectivity index is 2.37. The Morgan fingerprint density at radius 1 is 1.20 bits per heavy atom. The summed E-state index contributed by atoms with van der Waals surface area (Å²) < 4.78 is 10.7. The minimum Gasteiger partial charge on any atom is -0.508 e. The third kappa shape index (κ3) is 5.32. The first-order valence-electron chi connectivity index (χ1n) is 8.36. The average molecular weight is 348 g/mol. The van der Waals surface area contributed by atoms with E-state index in [0.29, 0.717) is 12.8 Å². The fourth-order valence-corrected chi connectivity index (χ4v) is 2.86. The Labute approximate surface area is 147 Å². The molecule has 0 radical (unpaired) electrons. The number of rotatable bonds is 1. The molecule has 136 valence electrons. The maximum Gasteiger partial charge on any atom is 0.342 e. The molecule has 0 saturated heterocycles. The Morgan fingerprint density at radius 3 is 2.68 bits per heavy atom. The van der Waals surface area contributed by atoms with E-state index in [1.165, 1.54) is 6.07 Å². The molecule has 0 aliphatic carbocycles. The summed E-state index contributed by atoms with van der Waals surface area (Å²) in [7, 11) is 1.57. The van der Waals surface area contributed by atoms with Gasteiger partial charge in [0.15, 0.2) is 0 Å². The zero-order valence-corrected chi connectivity index (χ0v) is 14.5. The second kappa shape index (κ2) is 8.67. The van der Waals surface area contributed by atoms with E-state index in [0.717, 1.165) is 12.5 Å². The largest absolute Gasteiger partial charge is 0.508 e. The van der Waals surface area contributed by atoms with Crippen LogP contribution in [0.2, 0.25) is 0 Å². The van der Waals surface area contributed by atoms with Crippen LogP contribution in [0.4, 0.5) is 0 Å². The van der Waals surface area contributed by atoms with E-state index in [1.54, 1.807) is 14.0 Å². The summed E-state index contributed by atoms with van der Waals surface area (Å²) in [5, 5.41) is 19.8. The molecular weight excluding hydrogens is 324 g/mol. The van der Waals surface area contributed by atoms with Crippen molar-refractivity contribution in [2.24, 2.45) is 0 Å². The third-order valence-electron chi connectivity index (χ3n) is 4.16. The van der Waals surface area contributed by atoms with Gasteiger partial charge in [-0.15, -0.1) is 0 Å². The summed E-state index contributed by atoms with van der Waals surface area (Å²) in [5.74, 6) is -1.45. The number of fused-ring (bicyclic) bond motifs is 1. The smallest absolute Gasteiger partial charge is 0.342 e. The molecule has 0 aromatic heterocycles. The lowest BCUT2D eigenvalue weighted by Gasteiger charge is -2.17. The number of methoxy groups -OCH3 is 1. The fourth-order valence-electron chi connectivity index (χ4n) is 2.86. The van der Waals surface area contributed by atoms with Gasteiger partial charge in [0.05, 0.1) is 6.10 Å². The second-order valence-electron chi connectivity index (χ2n) is 6.28. The highest BCUT2D eigenvalue weighted by Crippen LogP contribution is 2.29. The number of allylic oxidation sites excluding steroid dienone is 1. The number of phenolic OH excluding ortho intramolecular Hbond substituents is 2. The molecule has 1 aromatic rings. The van der Waals surface area contributed by atoms with Gasteiger partial charge in [-0.05, 0) is 31.4 Å². The van der Waals surface area contributed by atoms with Crippen molar-refractivity contribution in [2.45, 2.75) is 51.2 Å². The molecule has 6 nitrogen and oxygen atoms in total. The number of aromatic hydroxyl groups is 2. The Bertz CT molecular complexity index is 664. The van der Waals surface area contributed by atoms with E-state index in [4.69, 9.17) is 9.47 Å². The minimum absolute atomic E-state index is 0.0759. The Hall–Kier alpha value is -2.34. The zero-order chi connectivity index (χ0) is 18.4. The number of hydrogen-bond donors (Lipinski definition) is 2. The third-order valence-corrected chi connectivity index (χ3v) is 4.16. The van der Waals surface area contributed by atoms with Gasteiger partial charge in [-0.3, -0.25) is 4.79 Å². The molecule has 0 saturated carbocycles. The van der Waals surface area contributed by atoms with Gasteiger partial charge >= 0.3 is 5.97 Å². The van der Waals surface area contributed by atoms with Crippen molar-refractivity contribution in [2.75, 3.05) is 7.11 Å². The number of esters is 1.